The molecule has 0 amide bonds. The molecule has 4 rings (SSSR count). The van der Waals surface area contributed by atoms with Crippen molar-refractivity contribution in [2.45, 2.75) is 6.92 Å². The van der Waals surface area contributed by atoms with Gasteiger partial charge in [0.1, 0.15) is 11.4 Å². The van der Waals surface area contributed by atoms with E-state index in [1.54, 1.807) is 0 Å². The molecule has 5 heteroatoms. The number of furan rings is 1. The second-order valence-electron chi connectivity index (χ2n) is 6.56. The van der Waals surface area contributed by atoms with Gasteiger partial charge in [0.15, 0.2) is 11.4 Å². The molecule has 1 heterocycles. The highest BCUT2D eigenvalue weighted by Crippen LogP contribution is 2.36. The molecule has 0 fully saturated rings. The van der Waals surface area contributed by atoms with Crippen LogP contribution in [0.1, 0.15) is 18.1 Å². The molecule has 0 spiro atoms. The Bertz CT molecular complexity index is 1190. The summed E-state index contributed by atoms with van der Waals surface area (Å²) in [5, 5.41) is 11.0. The number of para-hydroxylation sites is 1. The fourth-order valence-corrected chi connectivity index (χ4v) is 3.45. The van der Waals surface area contributed by atoms with Gasteiger partial charge in [-0.1, -0.05) is 60.1 Å². The molecule has 0 radical (unpaired) electrons. The van der Waals surface area contributed by atoms with Crippen molar-refractivity contribution in [3.63, 3.8) is 0 Å². The maximum absolute atomic E-state index is 8.49. The van der Waals surface area contributed by atoms with E-state index in [4.69, 9.17) is 26.4 Å². The first-order valence-corrected chi connectivity index (χ1v) is 9.52. The fourth-order valence-electron chi connectivity index (χ4n) is 3.25. The van der Waals surface area contributed by atoms with Gasteiger partial charge in [0, 0.05) is 35.5 Å². The maximum atomic E-state index is 8.49. The van der Waals surface area contributed by atoms with Gasteiger partial charge in [-0.25, -0.2) is 4.99 Å². The molecule has 0 unspecified atom stereocenters. The number of hydrogen-bond donors (Lipinski definition) is 1. The Labute approximate surface area is 168 Å². The zero-order chi connectivity index (χ0) is 19.7. The molecule has 0 saturated heterocycles. The van der Waals surface area contributed by atoms with Crippen molar-refractivity contribution in [3.05, 3.63) is 82.9 Å². The first kappa shape index (κ1) is 18.3. The van der Waals surface area contributed by atoms with E-state index in [1.165, 1.54) is 0 Å². The molecular formula is C23H20ClN3O. The van der Waals surface area contributed by atoms with Crippen molar-refractivity contribution in [2.24, 2.45) is 4.99 Å². The molecule has 28 heavy (non-hydrogen) atoms. The molecule has 1 aromatic heterocycles. The molecular weight excluding hydrogens is 370 g/mol. The van der Waals surface area contributed by atoms with Crippen LogP contribution >= 0.6 is 11.6 Å². The number of fused-ring (bicyclic) bond motifs is 3. The average Bonchev–Trinajstić information content (AvgIpc) is 3.13. The van der Waals surface area contributed by atoms with Gasteiger partial charge in [0.25, 0.3) is 0 Å². The Morgan fingerprint density at radius 1 is 1.04 bits per heavy atom. The number of hydrogen-bond acceptors (Lipinski definition) is 2. The van der Waals surface area contributed by atoms with Gasteiger partial charge < -0.3 is 9.32 Å². The van der Waals surface area contributed by atoms with Gasteiger partial charge in [-0.05, 0) is 25.1 Å². The molecule has 0 saturated carbocycles. The predicted octanol–water partition coefficient (Wildman–Crippen LogP) is 5.96. The largest absolute Gasteiger partial charge is 0.454 e. The molecule has 0 aliphatic carbocycles. The SMILES string of the molecule is CCN(C)/C(=N\C(=N)c1ccccc1)c1ccc(Cl)c2oc3ccccc3c12. The van der Waals surface area contributed by atoms with Gasteiger partial charge >= 0.3 is 0 Å². The third kappa shape index (κ3) is 3.16. The average molecular weight is 390 g/mol. The highest BCUT2D eigenvalue weighted by atomic mass is 35.5. The van der Waals surface area contributed by atoms with Gasteiger partial charge in [-0.3, -0.25) is 5.41 Å². The van der Waals surface area contributed by atoms with Crippen LogP contribution in [0.15, 0.2) is 76.1 Å². The van der Waals surface area contributed by atoms with Gasteiger partial charge in [-0.2, -0.15) is 0 Å². The van der Waals surface area contributed by atoms with Crippen molar-refractivity contribution < 1.29 is 4.42 Å². The Kier molecular flexibility index (Phi) is 4.88. The Balaban J connectivity index is 1.97. The summed E-state index contributed by atoms with van der Waals surface area (Å²) >= 11 is 6.43. The third-order valence-electron chi connectivity index (χ3n) is 4.82. The summed E-state index contributed by atoms with van der Waals surface area (Å²) in [5.41, 5.74) is 3.09. The van der Waals surface area contributed by atoms with Crippen molar-refractivity contribution in [1.82, 2.24) is 4.90 Å². The second kappa shape index (κ2) is 7.49. The van der Waals surface area contributed by atoms with Crippen LogP contribution in [0, 0.1) is 5.41 Å². The molecule has 0 aliphatic heterocycles. The summed E-state index contributed by atoms with van der Waals surface area (Å²) in [7, 11) is 1.97. The van der Waals surface area contributed by atoms with E-state index in [2.05, 4.69) is 6.92 Å². The topological polar surface area (TPSA) is 52.6 Å². The van der Waals surface area contributed by atoms with Gasteiger partial charge in [0.05, 0.1) is 5.02 Å². The van der Waals surface area contributed by atoms with E-state index in [0.29, 0.717) is 16.4 Å². The molecule has 0 atom stereocenters. The molecule has 140 valence electrons. The van der Waals surface area contributed by atoms with E-state index in [0.717, 1.165) is 34.0 Å². The zero-order valence-corrected chi connectivity index (χ0v) is 16.5. The number of rotatable bonds is 3. The minimum absolute atomic E-state index is 0.215. The van der Waals surface area contributed by atoms with E-state index in [-0.39, 0.29) is 5.84 Å². The van der Waals surface area contributed by atoms with Crippen LogP contribution in [0.25, 0.3) is 21.9 Å². The van der Waals surface area contributed by atoms with Crippen LogP contribution in [-0.4, -0.2) is 30.2 Å². The highest BCUT2D eigenvalue weighted by Gasteiger charge is 2.19. The smallest absolute Gasteiger partial charge is 0.154 e. The van der Waals surface area contributed by atoms with Crippen LogP contribution < -0.4 is 0 Å². The summed E-state index contributed by atoms with van der Waals surface area (Å²) < 4.78 is 6.02. The first-order valence-electron chi connectivity index (χ1n) is 9.14. The number of halogens is 1. The van der Waals surface area contributed by atoms with Gasteiger partial charge in [0.2, 0.25) is 0 Å². The Morgan fingerprint density at radius 3 is 2.50 bits per heavy atom. The lowest BCUT2D eigenvalue weighted by Gasteiger charge is -2.20. The van der Waals surface area contributed by atoms with Crippen LogP contribution in [0.4, 0.5) is 0 Å². The molecule has 4 nitrogen and oxygen atoms in total. The minimum atomic E-state index is 0.215. The summed E-state index contributed by atoms with van der Waals surface area (Å²) in [6.07, 6.45) is 0. The molecule has 1 N–H and O–H groups in total. The summed E-state index contributed by atoms with van der Waals surface area (Å²) in [5.74, 6) is 0.927. The Morgan fingerprint density at radius 2 is 1.75 bits per heavy atom. The summed E-state index contributed by atoms with van der Waals surface area (Å²) in [6, 6.07) is 21.2. The lowest BCUT2D eigenvalue weighted by atomic mass is 10.0. The number of nitrogens with one attached hydrogen (secondary N) is 1. The fraction of sp³-hybridized carbons (Fsp3) is 0.130. The highest BCUT2D eigenvalue weighted by molar-refractivity contribution is 6.37. The standard InChI is InChI=1S/C23H20ClN3O/c1-3-27(2)23(26-22(25)15-9-5-4-6-10-15)17-13-14-18(24)21-20(17)16-11-7-8-12-19(16)28-21/h4-14,25H,3H2,1-2H3/b25-22?,26-23-. The zero-order valence-electron chi connectivity index (χ0n) is 15.7. The van der Waals surface area contributed by atoms with E-state index < -0.39 is 0 Å². The van der Waals surface area contributed by atoms with E-state index in [9.17, 15) is 0 Å². The van der Waals surface area contributed by atoms with E-state index in [1.807, 2.05) is 78.7 Å². The van der Waals surface area contributed by atoms with Crippen LogP contribution in [-0.2, 0) is 0 Å². The van der Waals surface area contributed by atoms with Crippen LogP contribution in [0.5, 0.6) is 0 Å². The summed E-state index contributed by atoms with van der Waals surface area (Å²) in [6.45, 7) is 2.81. The lowest BCUT2D eigenvalue weighted by Crippen LogP contribution is -2.28. The predicted molar refractivity (Wildman–Crippen MR) is 117 cm³/mol. The third-order valence-corrected chi connectivity index (χ3v) is 5.12. The van der Waals surface area contributed by atoms with Crippen LogP contribution in [0.3, 0.4) is 0 Å². The number of nitrogens with zero attached hydrogens (tertiary/aromatic N) is 2. The monoisotopic (exact) mass is 389 g/mol. The number of amidine groups is 2. The van der Waals surface area contributed by atoms with Crippen molar-refractivity contribution >= 4 is 45.2 Å². The van der Waals surface area contributed by atoms with E-state index >= 15 is 0 Å². The normalized spacial score (nSPS) is 11.9. The van der Waals surface area contributed by atoms with Gasteiger partial charge in [-0.15, -0.1) is 0 Å². The van der Waals surface area contributed by atoms with Crippen molar-refractivity contribution in [1.29, 1.82) is 5.41 Å². The van der Waals surface area contributed by atoms with Crippen LogP contribution in [0.2, 0.25) is 5.02 Å². The maximum Gasteiger partial charge on any atom is 0.154 e. The number of aliphatic imine (C=N–C) groups is 1. The summed E-state index contributed by atoms with van der Waals surface area (Å²) in [4.78, 5) is 6.72. The second-order valence-corrected chi connectivity index (χ2v) is 6.97. The molecule has 0 bridgehead atoms. The van der Waals surface area contributed by atoms with Crippen molar-refractivity contribution in [2.75, 3.05) is 13.6 Å². The molecule has 4 aromatic rings. The Hall–Kier alpha value is -3.11. The number of benzene rings is 3. The molecule has 0 aliphatic rings. The lowest BCUT2D eigenvalue weighted by molar-refractivity contribution is 0.537. The van der Waals surface area contributed by atoms with Crippen molar-refractivity contribution in [3.8, 4) is 0 Å². The molecule has 3 aromatic carbocycles. The quantitative estimate of drug-likeness (QED) is 0.347. The first-order chi connectivity index (χ1) is 13.6. The minimum Gasteiger partial charge on any atom is -0.454 e.